The topological polar surface area (TPSA) is 55.4 Å². The molecule has 0 amide bonds. The standard InChI is InChI=1S/C78H45B3O6/c1-4-28-49-46(22-1)25-19-43-52(49)67-55-31-7-13-37-61(55)70(62-38-14-8-32-56(62)67)79-82-73-74(83-79)76-78(87-81(85-76)72-65-41-17-11-35-59(65)69(60-36-12-18-42-66(60)72)54-45-21-27-48-24-3-6-30-51(48)54)77-75(73)84-80(86-77)71-63-39-15-9-33-57(63)68(58-34-10-16-40-64(58)71)53-44-20-26-47-23-2-5-29-50(47)53/h1-45H. The Bertz CT molecular complexity index is 4860. The highest BCUT2D eigenvalue weighted by Crippen LogP contribution is 2.64. The van der Waals surface area contributed by atoms with E-state index in [4.69, 9.17) is 27.9 Å². The van der Waals surface area contributed by atoms with Crippen molar-refractivity contribution in [3.63, 3.8) is 0 Å². The first kappa shape index (κ1) is 48.3. The second-order valence-electron chi connectivity index (χ2n) is 22.9. The van der Waals surface area contributed by atoms with Crippen molar-refractivity contribution < 1.29 is 27.9 Å². The molecule has 0 saturated carbocycles. The average Bonchev–Trinajstić information content (AvgIpc) is 2.43. The van der Waals surface area contributed by atoms with Crippen molar-refractivity contribution in [1.29, 1.82) is 0 Å². The molecule has 0 aromatic heterocycles. The second-order valence-corrected chi connectivity index (χ2v) is 22.9. The molecule has 0 spiro atoms. The van der Waals surface area contributed by atoms with E-state index in [-0.39, 0.29) is 0 Å². The molecule has 3 aliphatic rings. The fraction of sp³-hybridized carbons (Fsp3) is 0. The van der Waals surface area contributed by atoms with Gasteiger partial charge >= 0.3 is 21.4 Å². The van der Waals surface area contributed by atoms with Crippen LogP contribution in [-0.2, 0) is 0 Å². The van der Waals surface area contributed by atoms with Crippen LogP contribution in [0.3, 0.4) is 0 Å². The maximum absolute atomic E-state index is 7.39. The molecule has 0 saturated heterocycles. The molecule has 3 heterocycles. The number of hydrogen-bond donors (Lipinski definition) is 0. The summed E-state index contributed by atoms with van der Waals surface area (Å²) in [6.07, 6.45) is 0. The maximum Gasteiger partial charge on any atom is 0.634 e. The summed E-state index contributed by atoms with van der Waals surface area (Å²) >= 11 is 0. The van der Waals surface area contributed by atoms with Gasteiger partial charge in [-0.05, 0) is 130 Å². The SMILES string of the molecule is c1ccc2c(-c3c4ccccc4c(B4Oc5c6c(c7c(c5O4)OB(c4c5ccccc5c(-c5cccc8ccccc58)c5ccccc45)O7)OB(c4c5ccccc5c(-c5cccc7ccccc57)c5ccccc45)O6)c4ccccc34)cccc2c1. The van der Waals surface area contributed by atoms with Crippen molar-refractivity contribution >= 4 is 135 Å². The number of fused-ring (bicyclic) bond motifs is 15. The van der Waals surface area contributed by atoms with Gasteiger partial charge in [0, 0.05) is 16.4 Å². The van der Waals surface area contributed by atoms with Crippen molar-refractivity contribution in [3.8, 4) is 67.9 Å². The lowest BCUT2D eigenvalue weighted by atomic mass is 9.71. The lowest BCUT2D eigenvalue weighted by Crippen LogP contribution is -2.41. The second kappa shape index (κ2) is 18.7. The predicted octanol–water partition coefficient (Wildman–Crippen LogP) is 17.6. The van der Waals surface area contributed by atoms with Gasteiger partial charge in [0.1, 0.15) is 0 Å². The Hall–Kier alpha value is -11.1. The summed E-state index contributed by atoms with van der Waals surface area (Å²) in [4.78, 5) is 0. The van der Waals surface area contributed by atoms with Gasteiger partial charge in [-0.25, -0.2) is 0 Å². The van der Waals surface area contributed by atoms with Crippen LogP contribution in [0.25, 0.3) is 130 Å². The zero-order valence-corrected chi connectivity index (χ0v) is 46.7. The normalized spacial score (nSPS) is 13.3. The molecule has 6 nitrogen and oxygen atoms in total. The summed E-state index contributed by atoms with van der Waals surface area (Å²) in [5.41, 5.74) is 9.57. The molecule has 0 radical (unpaired) electrons. The molecular weight excluding hydrogens is 1070 g/mol. The van der Waals surface area contributed by atoms with Crippen LogP contribution in [0, 0.1) is 0 Å². The molecule has 16 aromatic carbocycles. The molecule has 16 aromatic rings. The highest BCUT2D eigenvalue weighted by atomic mass is 16.7. The third-order valence-corrected chi connectivity index (χ3v) is 18.4. The molecule has 0 atom stereocenters. The summed E-state index contributed by atoms with van der Waals surface area (Å²) in [6.45, 7) is 0. The van der Waals surface area contributed by atoms with Crippen molar-refractivity contribution in [2.75, 3.05) is 0 Å². The lowest BCUT2D eigenvalue weighted by molar-refractivity contribution is 0.488. The molecular formula is C78H45B3O6. The lowest BCUT2D eigenvalue weighted by Gasteiger charge is -2.19. The predicted molar refractivity (Wildman–Crippen MR) is 360 cm³/mol. The average molecular weight is 1110 g/mol. The number of hydrogen-bond acceptors (Lipinski definition) is 6. The van der Waals surface area contributed by atoms with Crippen LogP contribution >= 0.6 is 0 Å². The first-order valence-corrected chi connectivity index (χ1v) is 29.7. The smallest absolute Gasteiger partial charge is 0.516 e. The van der Waals surface area contributed by atoms with Crippen LogP contribution < -0.4 is 44.3 Å². The van der Waals surface area contributed by atoms with E-state index in [0.29, 0.717) is 34.5 Å². The van der Waals surface area contributed by atoms with Crippen LogP contribution in [0.15, 0.2) is 273 Å². The van der Waals surface area contributed by atoms with Gasteiger partial charge in [-0.3, -0.25) is 0 Å². The van der Waals surface area contributed by atoms with E-state index in [1.165, 1.54) is 32.3 Å². The fourth-order valence-corrected chi connectivity index (χ4v) is 14.8. The van der Waals surface area contributed by atoms with E-state index in [9.17, 15) is 0 Å². The van der Waals surface area contributed by atoms with Crippen LogP contribution in [0.1, 0.15) is 0 Å². The zero-order valence-electron chi connectivity index (χ0n) is 46.7. The van der Waals surface area contributed by atoms with Crippen molar-refractivity contribution in [1.82, 2.24) is 0 Å². The van der Waals surface area contributed by atoms with E-state index in [2.05, 4.69) is 273 Å². The van der Waals surface area contributed by atoms with Crippen molar-refractivity contribution in [2.24, 2.45) is 0 Å². The molecule has 87 heavy (non-hydrogen) atoms. The van der Waals surface area contributed by atoms with Crippen molar-refractivity contribution in [2.45, 2.75) is 0 Å². The summed E-state index contributed by atoms with van der Waals surface area (Å²) in [7, 11) is -2.83. The highest BCUT2D eigenvalue weighted by molar-refractivity contribution is 6.73. The molecule has 0 unspecified atom stereocenters. The van der Waals surface area contributed by atoms with E-state index < -0.39 is 21.4 Å². The molecule has 9 heteroatoms. The van der Waals surface area contributed by atoms with Crippen LogP contribution in [-0.4, -0.2) is 21.4 Å². The Morgan fingerprint density at radius 3 is 0.552 bits per heavy atom. The molecule has 402 valence electrons. The quantitative estimate of drug-likeness (QED) is 0.122. The summed E-state index contributed by atoms with van der Waals surface area (Å²) < 4.78 is 44.3. The van der Waals surface area contributed by atoms with Gasteiger partial charge < -0.3 is 27.9 Å². The molecule has 0 bridgehead atoms. The van der Waals surface area contributed by atoms with E-state index >= 15 is 0 Å². The molecule has 0 aliphatic carbocycles. The van der Waals surface area contributed by atoms with Crippen LogP contribution in [0.2, 0.25) is 0 Å². The molecule has 0 N–H and O–H groups in total. The fourth-order valence-electron chi connectivity index (χ4n) is 14.8. The minimum atomic E-state index is -0.944. The highest BCUT2D eigenvalue weighted by Gasteiger charge is 2.53. The Labute approximate surface area is 500 Å². The Morgan fingerprint density at radius 1 is 0.161 bits per heavy atom. The zero-order chi connectivity index (χ0) is 56.8. The molecule has 3 aliphatic heterocycles. The van der Waals surface area contributed by atoms with Crippen LogP contribution in [0.4, 0.5) is 0 Å². The summed E-state index contributed by atoms with van der Waals surface area (Å²) in [5.74, 6) is 2.30. The Balaban J connectivity index is 0.819. The third-order valence-electron chi connectivity index (χ3n) is 18.4. The van der Waals surface area contributed by atoms with Gasteiger partial charge in [0.25, 0.3) is 0 Å². The molecule has 19 rings (SSSR count). The number of rotatable bonds is 6. The van der Waals surface area contributed by atoms with Gasteiger partial charge in [0.15, 0.2) is 34.5 Å². The van der Waals surface area contributed by atoms with Crippen LogP contribution in [0.5, 0.6) is 34.5 Å². The third kappa shape index (κ3) is 7.02. The number of benzene rings is 16. The van der Waals surface area contributed by atoms with E-state index in [1.54, 1.807) is 0 Å². The largest absolute Gasteiger partial charge is 0.634 e. The summed E-state index contributed by atoms with van der Waals surface area (Å²) in [6, 6.07) is 97.1. The van der Waals surface area contributed by atoms with E-state index in [0.717, 1.165) is 114 Å². The van der Waals surface area contributed by atoms with Gasteiger partial charge in [0.05, 0.1) is 0 Å². The monoisotopic (exact) mass is 1110 g/mol. The maximum atomic E-state index is 7.39. The van der Waals surface area contributed by atoms with Gasteiger partial charge in [-0.1, -0.05) is 273 Å². The van der Waals surface area contributed by atoms with Gasteiger partial charge in [0.2, 0.25) is 0 Å². The first-order chi connectivity index (χ1) is 43.2. The minimum absolute atomic E-state index is 0.383. The van der Waals surface area contributed by atoms with Crippen molar-refractivity contribution in [3.05, 3.63) is 273 Å². The van der Waals surface area contributed by atoms with Gasteiger partial charge in [-0.15, -0.1) is 0 Å². The molecule has 0 fully saturated rings. The first-order valence-electron chi connectivity index (χ1n) is 29.7. The Morgan fingerprint density at radius 2 is 0.333 bits per heavy atom. The van der Waals surface area contributed by atoms with E-state index in [1.807, 2.05) is 0 Å². The Kier molecular flexibility index (Phi) is 10.4. The van der Waals surface area contributed by atoms with Gasteiger partial charge in [-0.2, -0.15) is 0 Å². The minimum Gasteiger partial charge on any atom is -0.516 e. The summed E-state index contributed by atoms with van der Waals surface area (Å²) in [5, 5.41) is 19.6.